The Hall–Kier alpha value is -3.16. The van der Waals surface area contributed by atoms with Crippen molar-refractivity contribution in [1.82, 2.24) is 15.2 Å². The van der Waals surface area contributed by atoms with Crippen molar-refractivity contribution in [3.63, 3.8) is 0 Å². The molecule has 1 aromatic heterocycles. The third-order valence-electron chi connectivity index (χ3n) is 5.61. The topological polar surface area (TPSA) is 92.6 Å². The standard InChI is InChI=1S/C28H37N3O4/c1-19(2)15-16-24(32)30-25(26(33)29-17-20-11-7-6-8-12-20)22-18-31(27(34)35-28(3,4)5)23-14-10-9-13-21(22)23/h6-14,18-19,25-26,29,33H,15-17H2,1-5H3,(H,30,32). The molecule has 0 fully saturated rings. The number of nitrogens with one attached hydrogen (secondary N) is 2. The second-order valence-electron chi connectivity index (χ2n) is 10.2. The first-order chi connectivity index (χ1) is 16.5. The molecule has 0 aliphatic rings. The van der Waals surface area contributed by atoms with Gasteiger partial charge in [-0.05, 0) is 44.7 Å². The SMILES string of the molecule is CC(C)CCC(=O)NC(c1cn(C(=O)OC(C)(C)C)c2ccccc12)C(O)NCc1ccccc1. The molecule has 0 bridgehead atoms. The van der Waals surface area contributed by atoms with Crippen LogP contribution in [0.2, 0.25) is 0 Å². The number of nitrogens with zero attached hydrogens (tertiary/aromatic N) is 1. The van der Waals surface area contributed by atoms with Gasteiger partial charge < -0.3 is 15.2 Å². The number of hydrogen-bond acceptors (Lipinski definition) is 5. The molecule has 2 atom stereocenters. The second kappa shape index (κ2) is 11.5. The molecule has 0 saturated carbocycles. The lowest BCUT2D eigenvalue weighted by molar-refractivity contribution is -0.123. The lowest BCUT2D eigenvalue weighted by Gasteiger charge is -2.25. The number of aliphatic hydroxyl groups excluding tert-OH is 1. The summed E-state index contributed by atoms with van der Waals surface area (Å²) >= 11 is 0. The highest BCUT2D eigenvalue weighted by atomic mass is 16.6. The molecule has 2 aromatic carbocycles. The number of rotatable bonds is 9. The number of benzene rings is 2. The number of fused-ring (bicyclic) bond motifs is 1. The van der Waals surface area contributed by atoms with E-state index in [0.29, 0.717) is 30.0 Å². The predicted octanol–water partition coefficient (Wildman–Crippen LogP) is 5.13. The average molecular weight is 480 g/mol. The zero-order chi connectivity index (χ0) is 25.6. The number of carbonyl (C=O) groups excluding carboxylic acids is 2. The fourth-order valence-electron chi connectivity index (χ4n) is 3.84. The second-order valence-corrected chi connectivity index (χ2v) is 10.2. The van der Waals surface area contributed by atoms with Gasteiger partial charge in [0, 0.05) is 30.1 Å². The Balaban J connectivity index is 1.95. The highest BCUT2D eigenvalue weighted by molar-refractivity contribution is 5.92. The Morgan fingerprint density at radius 3 is 2.34 bits per heavy atom. The van der Waals surface area contributed by atoms with Crippen LogP contribution in [0.25, 0.3) is 10.9 Å². The van der Waals surface area contributed by atoms with Crippen molar-refractivity contribution in [3.8, 4) is 0 Å². The molecule has 0 aliphatic heterocycles. The molecule has 35 heavy (non-hydrogen) atoms. The summed E-state index contributed by atoms with van der Waals surface area (Å²) in [5.74, 6) is 0.229. The third kappa shape index (κ3) is 7.41. The molecule has 2 unspecified atom stereocenters. The van der Waals surface area contributed by atoms with Crippen LogP contribution in [0.5, 0.6) is 0 Å². The van der Waals surface area contributed by atoms with Gasteiger partial charge >= 0.3 is 6.09 Å². The molecule has 188 valence electrons. The summed E-state index contributed by atoms with van der Waals surface area (Å²) in [5.41, 5.74) is 1.63. The summed E-state index contributed by atoms with van der Waals surface area (Å²) in [4.78, 5) is 25.8. The van der Waals surface area contributed by atoms with Crippen LogP contribution in [-0.4, -0.2) is 33.5 Å². The van der Waals surface area contributed by atoms with Gasteiger partial charge in [-0.25, -0.2) is 4.79 Å². The largest absolute Gasteiger partial charge is 0.443 e. The van der Waals surface area contributed by atoms with Crippen molar-refractivity contribution in [2.24, 2.45) is 5.92 Å². The molecule has 0 saturated heterocycles. The van der Waals surface area contributed by atoms with Gasteiger partial charge in [-0.2, -0.15) is 0 Å². The van der Waals surface area contributed by atoms with E-state index in [2.05, 4.69) is 24.5 Å². The molecule has 7 heteroatoms. The van der Waals surface area contributed by atoms with E-state index in [9.17, 15) is 14.7 Å². The van der Waals surface area contributed by atoms with Gasteiger partial charge in [0.2, 0.25) is 5.91 Å². The molecule has 3 aromatic rings. The normalized spacial score (nSPS) is 13.6. The molecular formula is C28H37N3O4. The summed E-state index contributed by atoms with van der Waals surface area (Å²) in [7, 11) is 0. The molecule has 7 nitrogen and oxygen atoms in total. The van der Waals surface area contributed by atoms with Crippen LogP contribution in [0.4, 0.5) is 4.79 Å². The maximum atomic E-state index is 13.0. The lowest BCUT2D eigenvalue weighted by Crippen LogP contribution is -2.43. The van der Waals surface area contributed by atoms with E-state index in [1.807, 2.05) is 75.4 Å². The summed E-state index contributed by atoms with van der Waals surface area (Å²) in [6, 6.07) is 16.4. The highest BCUT2D eigenvalue weighted by Crippen LogP contribution is 2.29. The fourth-order valence-corrected chi connectivity index (χ4v) is 3.84. The van der Waals surface area contributed by atoms with Gasteiger partial charge in [-0.3, -0.25) is 14.7 Å². The van der Waals surface area contributed by atoms with Crippen molar-refractivity contribution in [2.45, 2.75) is 71.9 Å². The summed E-state index contributed by atoms with van der Waals surface area (Å²) in [5, 5.41) is 18.1. The minimum Gasteiger partial charge on any atom is -0.443 e. The van der Waals surface area contributed by atoms with Crippen LogP contribution >= 0.6 is 0 Å². The Kier molecular flexibility index (Phi) is 8.70. The number of para-hydroxylation sites is 1. The number of aromatic nitrogens is 1. The van der Waals surface area contributed by atoms with Gasteiger partial charge in [0.05, 0.1) is 11.6 Å². The van der Waals surface area contributed by atoms with Gasteiger partial charge in [-0.1, -0.05) is 62.4 Å². The number of amides is 1. The van der Waals surface area contributed by atoms with Crippen LogP contribution < -0.4 is 10.6 Å². The first-order valence-electron chi connectivity index (χ1n) is 12.1. The summed E-state index contributed by atoms with van der Waals surface area (Å²) < 4.78 is 7.03. The van der Waals surface area contributed by atoms with Crippen molar-refractivity contribution >= 4 is 22.9 Å². The van der Waals surface area contributed by atoms with Crippen molar-refractivity contribution < 1.29 is 19.4 Å². The number of ether oxygens (including phenoxy) is 1. The Morgan fingerprint density at radius 1 is 1.03 bits per heavy atom. The molecule has 0 spiro atoms. The Labute approximate surface area is 207 Å². The Morgan fingerprint density at radius 2 is 1.69 bits per heavy atom. The van der Waals surface area contributed by atoms with Crippen molar-refractivity contribution in [2.75, 3.05) is 0 Å². The molecule has 1 amide bonds. The van der Waals surface area contributed by atoms with Crippen LogP contribution in [0.1, 0.15) is 64.6 Å². The van der Waals surface area contributed by atoms with E-state index in [1.165, 1.54) is 4.57 Å². The fraction of sp³-hybridized carbons (Fsp3) is 0.429. The molecular weight excluding hydrogens is 442 g/mol. The molecule has 3 rings (SSSR count). The predicted molar refractivity (Wildman–Crippen MR) is 138 cm³/mol. The first-order valence-corrected chi connectivity index (χ1v) is 12.1. The maximum Gasteiger partial charge on any atom is 0.419 e. The van der Waals surface area contributed by atoms with Crippen LogP contribution in [-0.2, 0) is 16.1 Å². The van der Waals surface area contributed by atoms with E-state index in [4.69, 9.17) is 4.74 Å². The Bertz CT molecular complexity index is 1130. The van der Waals surface area contributed by atoms with Gasteiger partial charge in [0.25, 0.3) is 0 Å². The van der Waals surface area contributed by atoms with E-state index in [-0.39, 0.29) is 5.91 Å². The highest BCUT2D eigenvalue weighted by Gasteiger charge is 2.29. The van der Waals surface area contributed by atoms with Crippen LogP contribution in [0, 0.1) is 5.92 Å². The molecule has 3 N–H and O–H groups in total. The van der Waals surface area contributed by atoms with Gasteiger partial charge in [0.15, 0.2) is 0 Å². The number of hydrogen-bond donors (Lipinski definition) is 3. The van der Waals surface area contributed by atoms with Gasteiger partial charge in [-0.15, -0.1) is 0 Å². The van der Waals surface area contributed by atoms with Crippen molar-refractivity contribution in [1.29, 1.82) is 0 Å². The third-order valence-corrected chi connectivity index (χ3v) is 5.61. The quantitative estimate of drug-likeness (QED) is 0.370. The van der Waals surface area contributed by atoms with E-state index >= 15 is 0 Å². The number of aliphatic hydroxyl groups is 1. The minimum absolute atomic E-state index is 0.154. The summed E-state index contributed by atoms with van der Waals surface area (Å²) in [6.07, 6.45) is 1.14. The molecule has 1 heterocycles. The first kappa shape index (κ1) is 26.4. The summed E-state index contributed by atoms with van der Waals surface area (Å²) in [6.45, 7) is 9.99. The average Bonchev–Trinajstić information content (AvgIpc) is 3.19. The van der Waals surface area contributed by atoms with Crippen molar-refractivity contribution in [3.05, 3.63) is 71.9 Å². The maximum absolute atomic E-state index is 13.0. The van der Waals surface area contributed by atoms with E-state index in [1.54, 1.807) is 6.20 Å². The van der Waals surface area contributed by atoms with E-state index in [0.717, 1.165) is 17.4 Å². The van der Waals surface area contributed by atoms with Crippen LogP contribution in [0.15, 0.2) is 60.8 Å². The zero-order valence-electron chi connectivity index (χ0n) is 21.2. The van der Waals surface area contributed by atoms with Crippen LogP contribution in [0.3, 0.4) is 0 Å². The molecule has 0 radical (unpaired) electrons. The monoisotopic (exact) mass is 479 g/mol. The van der Waals surface area contributed by atoms with E-state index < -0.39 is 24.0 Å². The number of carbonyl (C=O) groups is 2. The zero-order valence-corrected chi connectivity index (χ0v) is 21.2. The smallest absolute Gasteiger partial charge is 0.419 e. The molecule has 0 aliphatic carbocycles. The van der Waals surface area contributed by atoms with Gasteiger partial charge in [0.1, 0.15) is 11.8 Å². The lowest BCUT2D eigenvalue weighted by atomic mass is 10.0. The minimum atomic E-state index is -1.09.